The Balaban J connectivity index is 1.78. The smallest absolute Gasteiger partial charge is 0.387 e. The van der Waals surface area contributed by atoms with Gasteiger partial charge >= 0.3 is 12.6 Å². The lowest BCUT2D eigenvalue weighted by molar-refractivity contribution is -0.0521. The summed E-state index contributed by atoms with van der Waals surface area (Å²) in [6.07, 6.45) is 3.27. The summed E-state index contributed by atoms with van der Waals surface area (Å²) in [5.41, 5.74) is 1.62. The third kappa shape index (κ3) is 4.06. The lowest BCUT2D eigenvalue weighted by Gasteiger charge is -2.06. The van der Waals surface area contributed by atoms with E-state index >= 15 is 0 Å². The van der Waals surface area contributed by atoms with Crippen LogP contribution >= 0.6 is 0 Å². The molecule has 0 saturated carbocycles. The number of aromatic nitrogens is 4. The summed E-state index contributed by atoms with van der Waals surface area (Å²) in [4.78, 5) is 8.10. The molecule has 0 N–H and O–H groups in total. The van der Waals surface area contributed by atoms with Crippen LogP contribution in [0.15, 0.2) is 42.7 Å². The predicted octanol–water partition coefficient (Wildman–Crippen LogP) is 3.14. The number of halogens is 3. The minimum atomic E-state index is -3.08. The monoisotopic (exact) mass is 350 g/mol. The van der Waals surface area contributed by atoms with Crippen LogP contribution in [0.3, 0.4) is 0 Å². The van der Waals surface area contributed by atoms with E-state index in [0.717, 1.165) is 12.1 Å². The fourth-order valence-electron chi connectivity index (χ4n) is 2.18. The van der Waals surface area contributed by atoms with E-state index in [1.807, 2.05) is 0 Å². The van der Waals surface area contributed by atoms with Crippen LogP contribution in [-0.2, 0) is 6.54 Å². The minimum absolute atomic E-state index is 0.251. The number of nitrogens with zero attached hydrogens (tertiary/aromatic N) is 4. The van der Waals surface area contributed by atoms with E-state index < -0.39 is 18.2 Å². The van der Waals surface area contributed by atoms with Crippen LogP contribution in [0.2, 0.25) is 0 Å². The van der Waals surface area contributed by atoms with E-state index in [4.69, 9.17) is 4.74 Å². The predicted molar refractivity (Wildman–Crippen MR) is 81.9 cm³/mol. The Labute approximate surface area is 140 Å². The summed E-state index contributed by atoms with van der Waals surface area (Å²) in [6.45, 7) is -2.71. The van der Waals surface area contributed by atoms with Crippen LogP contribution in [0, 0.1) is 5.82 Å². The minimum Gasteiger partial charge on any atom is -0.467 e. The summed E-state index contributed by atoms with van der Waals surface area (Å²) < 4.78 is 48.8. The molecule has 0 fully saturated rings. The zero-order valence-corrected chi connectivity index (χ0v) is 13.1. The highest BCUT2D eigenvalue weighted by Gasteiger charge is 2.12. The number of hydrogen-bond donors (Lipinski definition) is 0. The first kappa shape index (κ1) is 16.7. The second-order valence-electron chi connectivity index (χ2n) is 4.96. The van der Waals surface area contributed by atoms with Crippen molar-refractivity contribution in [3.63, 3.8) is 0 Å². The molecule has 0 aliphatic rings. The molecule has 0 spiro atoms. The number of rotatable bonds is 6. The van der Waals surface area contributed by atoms with Crippen LogP contribution in [0.25, 0.3) is 11.3 Å². The standard InChI is InChI=1S/C16H13F3N4O2/c1-24-16-20-6-4-11(21-16)9-23-7-5-13(22-23)10-2-3-14(12(17)8-10)25-15(18)19/h2-8,15H,9H2,1H3. The molecule has 0 bridgehead atoms. The highest BCUT2D eigenvalue weighted by molar-refractivity contribution is 5.59. The Hall–Kier alpha value is -3.10. The Morgan fingerprint density at radius 1 is 1.20 bits per heavy atom. The molecule has 130 valence electrons. The van der Waals surface area contributed by atoms with Gasteiger partial charge in [0.25, 0.3) is 0 Å². The van der Waals surface area contributed by atoms with Gasteiger partial charge in [-0.3, -0.25) is 4.68 Å². The molecule has 3 rings (SSSR count). The van der Waals surface area contributed by atoms with Crippen molar-refractivity contribution < 1.29 is 22.6 Å². The lowest BCUT2D eigenvalue weighted by atomic mass is 10.1. The molecule has 0 unspecified atom stereocenters. The van der Waals surface area contributed by atoms with Crippen LogP contribution in [0.5, 0.6) is 11.8 Å². The first-order valence-electron chi connectivity index (χ1n) is 7.19. The molecule has 2 heterocycles. The Bertz CT molecular complexity index is 870. The molecule has 0 saturated heterocycles. The van der Waals surface area contributed by atoms with Gasteiger partial charge in [-0.1, -0.05) is 0 Å². The molecule has 9 heteroatoms. The van der Waals surface area contributed by atoms with Gasteiger partial charge in [-0.2, -0.15) is 18.9 Å². The van der Waals surface area contributed by atoms with Crippen molar-refractivity contribution in [2.24, 2.45) is 0 Å². The average Bonchev–Trinajstić information content (AvgIpc) is 3.05. The molecular weight excluding hydrogens is 337 g/mol. The largest absolute Gasteiger partial charge is 0.467 e. The van der Waals surface area contributed by atoms with Crippen LogP contribution in [-0.4, -0.2) is 33.5 Å². The number of benzene rings is 1. The van der Waals surface area contributed by atoms with Crippen LogP contribution in [0.4, 0.5) is 13.2 Å². The van der Waals surface area contributed by atoms with Gasteiger partial charge in [-0.15, -0.1) is 0 Å². The molecule has 6 nitrogen and oxygen atoms in total. The Morgan fingerprint density at radius 2 is 2.04 bits per heavy atom. The quantitative estimate of drug-likeness (QED) is 0.683. The third-order valence-electron chi connectivity index (χ3n) is 3.28. The number of ether oxygens (including phenoxy) is 2. The fraction of sp³-hybridized carbons (Fsp3) is 0.188. The van der Waals surface area contributed by atoms with Gasteiger partial charge in [0, 0.05) is 18.0 Å². The van der Waals surface area contributed by atoms with Gasteiger partial charge in [-0.05, 0) is 30.3 Å². The molecule has 25 heavy (non-hydrogen) atoms. The zero-order valence-electron chi connectivity index (χ0n) is 13.1. The normalized spacial score (nSPS) is 10.9. The second-order valence-corrected chi connectivity index (χ2v) is 4.96. The van der Waals surface area contributed by atoms with Crippen molar-refractivity contribution in [3.8, 4) is 23.0 Å². The first-order valence-corrected chi connectivity index (χ1v) is 7.19. The van der Waals surface area contributed by atoms with Crippen LogP contribution < -0.4 is 9.47 Å². The number of alkyl halides is 2. The molecule has 0 aliphatic heterocycles. The third-order valence-corrected chi connectivity index (χ3v) is 3.28. The summed E-state index contributed by atoms with van der Waals surface area (Å²) in [5, 5.41) is 4.32. The molecule has 0 aliphatic carbocycles. The van der Waals surface area contributed by atoms with Gasteiger partial charge in [0.15, 0.2) is 11.6 Å². The van der Waals surface area contributed by atoms with Gasteiger partial charge in [-0.25, -0.2) is 9.37 Å². The van der Waals surface area contributed by atoms with E-state index in [1.165, 1.54) is 13.2 Å². The maximum atomic E-state index is 13.8. The maximum absolute atomic E-state index is 13.8. The summed E-state index contributed by atoms with van der Waals surface area (Å²) >= 11 is 0. The molecule has 0 amide bonds. The van der Waals surface area contributed by atoms with Gasteiger partial charge in [0.2, 0.25) is 0 Å². The van der Waals surface area contributed by atoms with Crippen molar-refractivity contribution in [3.05, 3.63) is 54.2 Å². The summed E-state index contributed by atoms with van der Waals surface area (Å²) in [6, 6.07) is 7.35. The van der Waals surface area contributed by atoms with Crippen molar-refractivity contribution in [2.45, 2.75) is 13.2 Å². The molecule has 2 aromatic heterocycles. The Kier molecular flexibility index (Phi) is 4.82. The number of hydrogen-bond acceptors (Lipinski definition) is 5. The maximum Gasteiger partial charge on any atom is 0.387 e. The number of methoxy groups -OCH3 is 1. The zero-order chi connectivity index (χ0) is 17.8. The van der Waals surface area contributed by atoms with E-state index in [-0.39, 0.29) is 6.01 Å². The molecular formula is C16H13F3N4O2. The van der Waals surface area contributed by atoms with Gasteiger partial charge in [0.1, 0.15) is 0 Å². The highest BCUT2D eigenvalue weighted by atomic mass is 19.3. The van der Waals surface area contributed by atoms with E-state index in [0.29, 0.717) is 23.5 Å². The van der Waals surface area contributed by atoms with E-state index in [1.54, 1.807) is 29.2 Å². The topological polar surface area (TPSA) is 62.1 Å². The van der Waals surface area contributed by atoms with Crippen molar-refractivity contribution in [1.29, 1.82) is 0 Å². The average molecular weight is 350 g/mol. The lowest BCUT2D eigenvalue weighted by Crippen LogP contribution is -2.04. The second kappa shape index (κ2) is 7.20. The van der Waals surface area contributed by atoms with E-state index in [9.17, 15) is 13.2 Å². The summed E-state index contributed by atoms with van der Waals surface area (Å²) in [5.74, 6) is -1.39. The summed E-state index contributed by atoms with van der Waals surface area (Å²) in [7, 11) is 1.47. The highest BCUT2D eigenvalue weighted by Crippen LogP contribution is 2.25. The fourth-order valence-corrected chi connectivity index (χ4v) is 2.18. The van der Waals surface area contributed by atoms with Gasteiger partial charge in [0.05, 0.1) is 25.0 Å². The SMILES string of the molecule is COc1nccc(Cn2ccc(-c3ccc(OC(F)F)c(F)c3)n2)n1. The molecule has 3 aromatic rings. The van der Waals surface area contributed by atoms with Crippen LogP contribution in [0.1, 0.15) is 5.69 Å². The van der Waals surface area contributed by atoms with E-state index in [2.05, 4.69) is 19.8 Å². The van der Waals surface area contributed by atoms with Crippen molar-refractivity contribution in [2.75, 3.05) is 7.11 Å². The molecule has 0 radical (unpaired) electrons. The Morgan fingerprint density at radius 3 is 2.76 bits per heavy atom. The first-order chi connectivity index (χ1) is 12.0. The molecule has 1 aromatic carbocycles. The van der Waals surface area contributed by atoms with Crippen molar-refractivity contribution >= 4 is 0 Å². The molecule has 0 atom stereocenters. The van der Waals surface area contributed by atoms with Gasteiger partial charge < -0.3 is 9.47 Å². The van der Waals surface area contributed by atoms with Crippen molar-refractivity contribution in [1.82, 2.24) is 19.7 Å².